The second-order valence-electron chi connectivity index (χ2n) is 15.9. The van der Waals surface area contributed by atoms with E-state index in [4.69, 9.17) is 4.74 Å². The van der Waals surface area contributed by atoms with Gasteiger partial charge in [0.25, 0.3) is 0 Å². The summed E-state index contributed by atoms with van der Waals surface area (Å²) in [6.45, 7) is 6.28. The van der Waals surface area contributed by atoms with Gasteiger partial charge < -0.3 is 20.3 Å². The average molecular weight is 796 g/mol. The maximum absolute atomic E-state index is 13.1. The SMILES string of the molecule is CC/C=C/C=C/C=C\C=C/CCCCCC(=O)OC(CCCCCCC/C=C\C/C=C\CCCCC)CC(=O)NC(CO)C(O)CCCCCCCCCCCC. The molecule has 3 unspecified atom stereocenters. The number of amides is 1. The summed E-state index contributed by atoms with van der Waals surface area (Å²) in [5, 5.41) is 23.6. The van der Waals surface area contributed by atoms with Crippen molar-refractivity contribution < 1.29 is 24.5 Å². The van der Waals surface area contributed by atoms with E-state index in [1.807, 2.05) is 30.4 Å². The maximum Gasteiger partial charge on any atom is 0.306 e. The second kappa shape index (κ2) is 44.4. The first-order valence-electron chi connectivity index (χ1n) is 23.7. The summed E-state index contributed by atoms with van der Waals surface area (Å²) in [6.07, 6.45) is 55.3. The zero-order chi connectivity index (χ0) is 41.7. The topological polar surface area (TPSA) is 95.9 Å². The fourth-order valence-electron chi connectivity index (χ4n) is 6.76. The van der Waals surface area contributed by atoms with Crippen LogP contribution in [0.4, 0.5) is 0 Å². The molecule has 0 bridgehead atoms. The number of unbranched alkanes of at least 4 members (excludes halogenated alkanes) is 20. The van der Waals surface area contributed by atoms with Crippen molar-refractivity contribution in [1.29, 1.82) is 0 Å². The molecule has 0 aromatic heterocycles. The van der Waals surface area contributed by atoms with Crippen molar-refractivity contribution in [2.24, 2.45) is 0 Å². The van der Waals surface area contributed by atoms with Crippen molar-refractivity contribution in [2.45, 2.75) is 232 Å². The Balaban J connectivity index is 4.71. The first-order valence-corrected chi connectivity index (χ1v) is 23.7. The second-order valence-corrected chi connectivity index (χ2v) is 15.9. The summed E-state index contributed by atoms with van der Waals surface area (Å²) in [5.41, 5.74) is 0. The molecule has 0 fully saturated rings. The van der Waals surface area contributed by atoms with Crippen LogP contribution in [0, 0.1) is 0 Å². The number of nitrogens with one attached hydrogen (secondary N) is 1. The molecule has 3 N–H and O–H groups in total. The van der Waals surface area contributed by atoms with Crippen LogP contribution in [0.2, 0.25) is 0 Å². The number of allylic oxidation sites excluding steroid dienone is 12. The monoisotopic (exact) mass is 796 g/mol. The Morgan fingerprint density at radius 2 is 1.02 bits per heavy atom. The number of carbonyl (C=O) groups excluding carboxylic acids is 2. The van der Waals surface area contributed by atoms with Crippen LogP contribution in [0.1, 0.15) is 213 Å². The van der Waals surface area contributed by atoms with Crippen LogP contribution < -0.4 is 5.32 Å². The predicted octanol–water partition coefficient (Wildman–Crippen LogP) is 13.8. The van der Waals surface area contributed by atoms with Gasteiger partial charge in [-0.3, -0.25) is 9.59 Å². The summed E-state index contributed by atoms with van der Waals surface area (Å²) in [7, 11) is 0. The number of hydrogen-bond acceptors (Lipinski definition) is 5. The van der Waals surface area contributed by atoms with Crippen molar-refractivity contribution in [2.75, 3.05) is 6.61 Å². The van der Waals surface area contributed by atoms with Crippen molar-refractivity contribution >= 4 is 11.9 Å². The van der Waals surface area contributed by atoms with Gasteiger partial charge in [-0.1, -0.05) is 196 Å². The predicted molar refractivity (Wildman–Crippen MR) is 245 cm³/mol. The number of aliphatic hydroxyl groups is 2. The van der Waals surface area contributed by atoms with E-state index < -0.39 is 18.2 Å². The zero-order valence-electron chi connectivity index (χ0n) is 37.2. The summed E-state index contributed by atoms with van der Waals surface area (Å²) in [5.74, 6) is -0.539. The lowest BCUT2D eigenvalue weighted by Crippen LogP contribution is -2.46. The molecule has 0 aliphatic heterocycles. The fourth-order valence-corrected chi connectivity index (χ4v) is 6.76. The molecule has 0 heterocycles. The van der Waals surface area contributed by atoms with Crippen molar-refractivity contribution in [3.63, 3.8) is 0 Å². The minimum Gasteiger partial charge on any atom is -0.462 e. The first-order chi connectivity index (χ1) is 28.0. The van der Waals surface area contributed by atoms with Crippen LogP contribution in [0.25, 0.3) is 0 Å². The van der Waals surface area contributed by atoms with E-state index >= 15 is 0 Å². The van der Waals surface area contributed by atoms with Gasteiger partial charge in [0.05, 0.1) is 25.2 Å². The lowest BCUT2D eigenvalue weighted by atomic mass is 10.0. The van der Waals surface area contributed by atoms with E-state index in [1.54, 1.807) is 0 Å². The quantitative estimate of drug-likeness (QED) is 0.0248. The van der Waals surface area contributed by atoms with Gasteiger partial charge in [0.2, 0.25) is 5.91 Å². The molecule has 0 saturated carbocycles. The van der Waals surface area contributed by atoms with Gasteiger partial charge in [-0.05, 0) is 77.0 Å². The third-order valence-corrected chi connectivity index (χ3v) is 10.4. The van der Waals surface area contributed by atoms with E-state index in [-0.39, 0.29) is 24.9 Å². The van der Waals surface area contributed by atoms with E-state index in [0.717, 1.165) is 89.9 Å². The van der Waals surface area contributed by atoms with Crippen LogP contribution >= 0.6 is 0 Å². The Morgan fingerprint density at radius 3 is 1.61 bits per heavy atom. The number of carbonyl (C=O) groups is 2. The molecular weight excluding hydrogens is 707 g/mol. The highest BCUT2D eigenvalue weighted by molar-refractivity contribution is 5.77. The van der Waals surface area contributed by atoms with E-state index in [0.29, 0.717) is 19.3 Å². The maximum atomic E-state index is 13.1. The summed E-state index contributed by atoms with van der Waals surface area (Å²) in [6, 6.07) is -0.716. The van der Waals surface area contributed by atoms with Gasteiger partial charge >= 0.3 is 5.97 Å². The van der Waals surface area contributed by atoms with Crippen molar-refractivity contribution in [3.05, 3.63) is 72.9 Å². The lowest BCUT2D eigenvalue weighted by molar-refractivity contribution is -0.151. The van der Waals surface area contributed by atoms with Gasteiger partial charge in [0.15, 0.2) is 0 Å². The average Bonchev–Trinajstić information content (AvgIpc) is 3.20. The van der Waals surface area contributed by atoms with Gasteiger partial charge in [0, 0.05) is 6.42 Å². The number of ether oxygens (including phenoxy) is 1. The van der Waals surface area contributed by atoms with Crippen LogP contribution in [0.15, 0.2) is 72.9 Å². The third kappa shape index (κ3) is 39.9. The fraction of sp³-hybridized carbons (Fsp3) is 0.725. The van der Waals surface area contributed by atoms with Crippen molar-refractivity contribution in [3.8, 4) is 0 Å². The third-order valence-electron chi connectivity index (χ3n) is 10.4. The van der Waals surface area contributed by atoms with Gasteiger partial charge in [-0.25, -0.2) is 0 Å². The van der Waals surface area contributed by atoms with Gasteiger partial charge in [0.1, 0.15) is 6.10 Å². The summed E-state index contributed by atoms with van der Waals surface area (Å²) < 4.78 is 5.89. The van der Waals surface area contributed by atoms with E-state index in [9.17, 15) is 19.8 Å². The normalized spacial score (nSPS) is 14.0. The molecule has 6 nitrogen and oxygen atoms in total. The number of rotatable bonds is 41. The van der Waals surface area contributed by atoms with Gasteiger partial charge in [-0.2, -0.15) is 0 Å². The summed E-state index contributed by atoms with van der Waals surface area (Å²) >= 11 is 0. The van der Waals surface area contributed by atoms with Crippen LogP contribution in [0.3, 0.4) is 0 Å². The first kappa shape index (κ1) is 54.3. The molecule has 3 atom stereocenters. The highest BCUT2D eigenvalue weighted by Gasteiger charge is 2.24. The minimum absolute atomic E-state index is 0.0491. The van der Waals surface area contributed by atoms with E-state index in [2.05, 4.69) is 68.6 Å². The van der Waals surface area contributed by atoms with Gasteiger partial charge in [-0.15, -0.1) is 0 Å². The Hall–Kier alpha value is -2.70. The molecule has 0 spiro atoms. The van der Waals surface area contributed by atoms with Crippen LogP contribution in [-0.4, -0.2) is 46.9 Å². The number of hydrogen-bond donors (Lipinski definition) is 3. The molecule has 57 heavy (non-hydrogen) atoms. The smallest absolute Gasteiger partial charge is 0.306 e. The molecular formula is C51H89NO5. The molecule has 1 amide bonds. The zero-order valence-corrected chi connectivity index (χ0v) is 37.2. The molecule has 0 aromatic rings. The standard InChI is InChI=1S/C51H89NO5/c1-4-7-10-13-16-19-22-24-25-27-28-30-33-36-39-42-47(57-51(56)44-41-38-35-32-29-26-23-20-17-14-11-8-5-2)45-50(55)52-48(46-53)49(54)43-40-37-34-31-21-18-15-12-9-6-3/h8,11,14,16-17,19-20,23-26,29,47-49,53-54H,4-7,9-10,12-13,15,18,21-22,27-28,30-46H2,1-3H3,(H,52,55)/b11-8+,17-14+,19-16-,23-20-,25-24-,29-26-. The van der Waals surface area contributed by atoms with Crippen molar-refractivity contribution in [1.82, 2.24) is 5.32 Å². The Morgan fingerprint density at radius 1 is 0.544 bits per heavy atom. The molecule has 0 saturated heterocycles. The molecule has 0 aliphatic rings. The molecule has 0 rings (SSSR count). The lowest BCUT2D eigenvalue weighted by Gasteiger charge is -2.24. The minimum atomic E-state index is -0.800. The highest BCUT2D eigenvalue weighted by Crippen LogP contribution is 2.17. The largest absolute Gasteiger partial charge is 0.462 e. The Labute approximate surface area is 351 Å². The molecule has 6 heteroatoms. The Kier molecular flexibility index (Phi) is 42.3. The van der Waals surface area contributed by atoms with Crippen LogP contribution in [0.5, 0.6) is 0 Å². The highest BCUT2D eigenvalue weighted by atomic mass is 16.5. The number of esters is 1. The summed E-state index contributed by atoms with van der Waals surface area (Å²) in [4.78, 5) is 26.0. The molecule has 0 aromatic carbocycles. The number of aliphatic hydroxyl groups excluding tert-OH is 2. The van der Waals surface area contributed by atoms with E-state index in [1.165, 1.54) is 77.0 Å². The van der Waals surface area contributed by atoms with Crippen LogP contribution in [-0.2, 0) is 14.3 Å². The molecule has 0 aliphatic carbocycles. The Bertz CT molecular complexity index is 1070. The molecule has 0 radical (unpaired) electrons. The molecule has 328 valence electrons.